The van der Waals surface area contributed by atoms with Gasteiger partial charge in [-0.05, 0) is 48.9 Å². The molecule has 0 radical (unpaired) electrons. The number of carbonyl (C=O) groups is 2. The molecule has 0 aliphatic heterocycles. The van der Waals surface area contributed by atoms with Crippen molar-refractivity contribution in [2.24, 2.45) is 0 Å². The second kappa shape index (κ2) is 8.36. The smallest absolute Gasteiger partial charge is 0.409 e. The van der Waals surface area contributed by atoms with E-state index in [1.807, 2.05) is 56.3 Å². The van der Waals surface area contributed by atoms with Gasteiger partial charge in [0.25, 0.3) is 5.91 Å². The van der Waals surface area contributed by atoms with Crippen molar-refractivity contribution >= 4 is 28.5 Å². The predicted molar refractivity (Wildman–Crippen MR) is 107 cm³/mol. The van der Waals surface area contributed by atoms with Gasteiger partial charge in [-0.25, -0.2) is 4.79 Å². The Morgan fingerprint density at radius 2 is 1.48 bits per heavy atom. The molecule has 0 aliphatic carbocycles. The Balaban J connectivity index is 1.98. The number of hydrogen-bond donors (Lipinski definition) is 1. The van der Waals surface area contributed by atoms with Gasteiger partial charge in [-0.3, -0.25) is 4.79 Å². The van der Waals surface area contributed by atoms with E-state index < -0.39 is 6.09 Å². The van der Waals surface area contributed by atoms with Gasteiger partial charge in [-0.1, -0.05) is 42.5 Å². The molecule has 3 rings (SSSR count). The van der Waals surface area contributed by atoms with E-state index >= 15 is 0 Å². The third kappa shape index (κ3) is 4.26. The Kier molecular flexibility index (Phi) is 5.71. The molecule has 138 valence electrons. The Hall–Kier alpha value is -3.34. The van der Waals surface area contributed by atoms with Gasteiger partial charge in [0.1, 0.15) is 5.75 Å². The number of nitrogens with zero attached hydrogens (tertiary/aromatic N) is 1. The first-order valence-corrected chi connectivity index (χ1v) is 8.98. The molecule has 3 aromatic carbocycles. The van der Waals surface area contributed by atoms with E-state index in [9.17, 15) is 9.59 Å². The Labute approximate surface area is 158 Å². The Morgan fingerprint density at radius 3 is 2.11 bits per heavy atom. The average molecular weight is 362 g/mol. The fourth-order valence-corrected chi connectivity index (χ4v) is 2.84. The third-order valence-electron chi connectivity index (χ3n) is 4.34. The first-order valence-electron chi connectivity index (χ1n) is 8.98. The highest BCUT2D eigenvalue weighted by Crippen LogP contribution is 2.27. The van der Waals surface area contributed by atoms with E-state index in [1.54, 1.807) is 29.2 Å². The molecule has 0 unspecified atom stereocenters. The third-order valence-corrected chi connectivity index (χ3v) is 4.34. The SMILES string of the molecule is CCN(CC)C(=O)Oc1cc2ccccc2cc1C(=O)Nc1ccccc1. The van der Waals surface area contributed by atoms with Gasteiger partial charge >= 0.3 is 6.09 Å². The highest BCUT2D eigenvalue weighted by molar-refractivity contribution is 6.09. The molecule has 0 saturated carbocycles. The van der Waals surface area contributed by atoms with Crippen LogP contribution in [0.5, 0.6) is 5.75 Å². The lowest BCUT2D eigenvalue weighted by Gasteiger charge is -2.19. The number of nitrogens with one attached hydrogen (secondary N) is 1. The summed E-state index contributed by atoms with van der Waals surface area (Å²) >= 11 is 0. The van der Waals surface area contributed by atoms with Crippen LogP contribution in [-0.2, 0) is 0 Å². The molecule has 0 fully saturated rings. The maximum absolute atomic E-state index is 12.9. The maximum Gasteiger partial charge on any atom is 0.415 e. The topological polar surface area (TPSA) is 58.6 Å². The molecular weight excluding hydrogens is 340 g/mol. The molecule has 0 bridgehead atoms. The van der Waals surface area contributed by atoms with Gasteiger partial charge in [0.05, 0.1) is 5.56 Å². The fourth-order valence-electron chi connectivity index (χ4n) is 2.84. The largest absolute Gasteiger partial charge is 0.415 e. The summed E-state index contributed by atoms with van der Waals surface area (Å²) < 4.78 is 5.58. The van der Waals surface area contributed by atoms with Crippen molar-refractivity contribution in [3.63, 3.8) is 0 Å². The summed E-state index contributed by atoms with van der Waals surface area (Å²) in [5, 5.41) is 4.65. The van der Waals surface area contributed by atoms with E-state index in [-0.39, 0.29) is 11.7 Å². The zero-order chi connectivity index (χ0) is 19.2. The zero-order valence-electron chi connectivity index (χ0n) is 15.4. The maximum atomic E-state index is 12.9. The highest BCUT2D eigenvalue weighted by atomic mass is 16.6. The van der Waals surface area contributed by atoms with Crippen LogP contribution >= 0.6 is 0 Å². The Morgan fingerprint density at radius 1 is 0.889 bits per heavy atom. The summed E-state index contributed by atoms with van der Waals surface area (Å²) in [4.78, 5) is 26.8. The van der Waals surface area contributed by atoms with Gasteiger partial charge in [0, 0.05) is 18.8 Å². The van der Waals surface area contributed by atoms with Gasteiger partial charge < -0.3 is 15.0 Å². The monoisotopic (exact) mass is 362 g/mol. The van der Waals surface area contributed by atoms with Crippen molar-refractivity contribution in [1.29, 1.82) is 0 Å². The quantitative estimate of drug-likeness (QED) is 0.700. The van der Waals surface area contributed by atoms with Crippen LogP contribution in [0.1, 0.15) is 24.2 Å². The molecule has 1 N–H and O–H groups in total. The predicted octanol–water partition coefficient (Wildman–Crippen LogP) is 4.93. The van der Waals surface area contributed by atoms with Crippen molar-refractivity contribution in [3.8, 4) is 5.75 Å². The molecule has 0 heterocycles. The summed E-state index contributed by atoms with van der Waals surface area (Å²) in [7, 11) is 0. The lowest BCUT2D eigenvalue weighted by atomic mass is 10.1. The summed E-state index contributed by atoms with van der Waals surface area (Å²) in [5.74, 6) is -0.0756. The summed E-state index contributed by atoms with van der Waals surface area (Å²) in [6.45, 7) is 4.84. The Bertz CT molecular complexity index is 950. The molecule has 0 spiro atoms. The number of anilines is 1. The van der Waals surface area contributed by atoms with Crippen molar-refractivity contribution in [2.75, 3.05) is 18.4 Å². The minimum absolute atomic E-state index is 0.249. The lowest BCUT2D eigenvalue weighted by Crippen LogP contribution is -2.33. The zero-order valence-corrected chi connectivity index (χ0v) is 15.4. The molecule has 27 heavy (non-hydrogen) atoms. The molecule has 5 heteroatoms. The summed E-state index contributed by atoms with van der Waals surface area (Å²) in [5.41, 5.74) is 0.995. The van der Waals surface area contributed by atoms with Crippen LogP contribution in [0.2, 0.25) is 0 Å². The van der Waals surface area contributed by atoms with E-state index in [0.29, 0.717) is 24.3 Å². The second-order valence-electron chi connectivity index (χ2n) is 6.06. The summed E-state index contributed by atoms with van der Waals surface area (Å²) in [6, 6.07) is 20.3. The standard InChI is InChI=1S/C22H22N2O3/c1-3-24(4-2)22(26)27-20-15-17-11-9-8-10-16(17)14-19(20)21(25)23-18-12-6-5-7-13-18/h5-15H,3-4H2,1-2H3,(H,23,25). The number of benzene rings is 3. The first kappa shape index (κ1) is 18.5. The van der Waals surface area contributed by atoms with Crippen LogP contribution in [0, 0.1) is 0 Å². The van der Waals surface area contributed by atoms with Crippen LogP contribution < -0.4 is 10.1 Å². The number of fused-ring (bicyclic) bond motifs is 1. The van der Waals surface area contributed by atoms with E-state index in [4.69, 9.17) is 4.74 Å². The van der Waals surface area contributed by atoms with Crippen LogP contribution in [0.25, 0.3) is 10.8 Å². The molecular formula is C22H22N2O3. The molecule has 3 aromatic rings. The van der Waals surface area contributed by atoms with Crippen molar-refractivity contribution < 1.29 is 14.3 Å². The van der Waals surface area contributed by atoms with Crippen LogP contribution in [-0.4, -0.2) is 30.0 Å². The van der Waals surface area contributed by atoms with Gasteiger partial charge in [-0.15, -0.1) is 0 Å². The number of amides is 2. The number of rotatable bonds is 5. The average Bonchev–Trinajstić information content (AvgIpc) is 2.69. The molecule has 0 aliphatic rings. The molecule has 0 atom stereocenters. The van der Waals surface area contributed by atoms with Crippen molar-refractivity contribution in [2.45, 2.75) is 13.8 Å². The number of hydrogen-bond acceptors (Lipinski definition) is 3. The molecule has 0 aromatic heterocycles. The minimum atomic E-state index is -0.468. The van der Waals surface area contributed by atoms with E-state index in [2.05, 4.69) is 5.32 Å². The van der Waals surface area contributed by atoms with Crippen LogP contribution in [0.4, 0.5) is 10.5 Å². The number of ether oxygens (including phenoxy) is 1. The molecule has 5 nitrogen and oxygen atoms in total. The number of para-hydroxylation sites is 1. The summed E-state index contributed by atoms with van der Waals surface area (Å²) in [6.07, 6.45) is -0.468. The van der Waals surface area contributed by atoms with Crippen LogP contribution in [0.15, 0.2) is 66.7 Å². The van der Waals surface area contributed by atoms with Gasteiger partial charge in [0.15, 0.2) is 0 Å². The second-order valence-corrected chi connectivity index (χ2v) is 6.06. The van der Waals surface area contributed by atoms with E-state index in [0.717, 1.165) is 10.8 Å². The highest BCUT2D eigenvalue weighted by Gasteiger charge is 2.19. The van der Waals surface area contributed by atoms with Gasteiger partial charge in [-0.2, -0.15) is 0 Å². The van der Waals surface area contributed by atoms with E-state index in [1.165, 1.54) is 0 Å². The molecule has 2 amide bonds. The normalized spacial score (nSPS) is 10.4. The van der Waals surface area contributed by atoms with Crippen LogP contribution in [0.3, 0.4) is 0 Å². The van der Waals surface area contributed by atoms with Crippen molar-refractivity contribution in [1.82, 2.24) is 4.90 Å². The molecule has 0 saturated heterocycles. The number of carbonyl (C=O) groups excluding carboxylic acids is 2. The lowest BCUT2D eigenvalue weighted by molar-refractivity contribution is 0.102. The van der Waals surface area contributed by atoms with Crippen molar-refractivity contribution in [3.05, 3.63) is 72.3 Å². The fraction of sp³-hybridized carbons (Fsp3) is 0.182. The minimum Gasteiger partial charge on any atom is -0.409 e. The van der Waals surface area contributed by atoms with Gasteiger partial charge in [0.2, 0.25) is 0 Å². The first-order chi connectivity index (χ1) is 13.1.